The van der Waals surface area contributed by atoms with Crippen molar-refractivity contribution in [3.63, 3.8) is 0 Å². The molecule has 1 aliphatic carbocycles. The summed E-state index contributed by atoms with van der Waals surface area (Å²) < 4.78 is 65.1. The van der Waals surface area contributed by atoms with E-state index in [1.165, 1.54) is 0 Å². The predicted molar refractivity (Wildman–Crippen MR) is 91.5 cm³/mol. The molecular formula is C14H10N2O10S2. The van der Waals surface area contributed by atoms with Crippen LogP contribution < -0.4 is 11.5 Å². The third-order valence-corrected chi connectivity index (χ3v) is 6.04. The Morgan fingerprint density at radius 1 is 0.714 bits per heavy atom. The van der Waals surface area contributed by atoms with Crippen molar-refractivity contribution in [3.05, 3.63) is 34.4 Å². The fraction of sp³-hybridized carbons (Fsp3) is 0. The van der Waals surface area contributed by atoms with Crippen LogP contribution in [0, 0.1) is 0 Å². The molecule has 0 amide bonds. The second kappa shape index (κ2) is 5.65. The predicted octanol–water partition coefficient (Wildman–Crippen LogP) is -0.469. The molecule has 0 spiro atoms. The first-order valence-electron chi connectivity index (χ1n) is 7.03. The van der Waals surface area contributed by atoms with Crippen molar-refractivity contribution in [2.45, 2.75) is 9.79 Å². The fourth-order valence-corrected chi connectivity index (χ4v) is 5.03. The summed E-state index contributed by atoms with van der Waals surface area (Å²) in [4.78, 5) is 22.1. The van der Waals surface area contributed by atoms with Crippen LogP contribution in [0.2, 0.25) is 0 Å². The van der Waals surface area contributed by atoms with Gasteiger partial charge in [0.05, 0.1) is 27.9 Å². The van der Waals surface area contributed by atoms with Crippen LogP contribution in [-0.4, -0.2) is 47.7 Å². The van der Waals surface area contributed by atoms with Crippen molar-refractivity contribution in [1.82, 2.24) is 0 Å². The highest BCUT2D eigenvalue weighted by Crippen LogP contribution is 2.46. The van der Waals surface area contributed by atoms with Gasteiger partial charge in [-0.2, -0.15) is 16.8 Å². The van der Waals surface area contributed by atoms with E-state index in [1.54, 1.807) is 0 Å². The second-order valence-electron chi connectivity index (χ2n) is 5.70. The average molecular weight is 430 g/mol. The number of fused-ring (bicyclic) bond motifs is 2. The summed E-state index contributed by atoms with van der Waals surface area (Å²) in [7, 11) is -11.1. The molecule has 12 nitrogen and oxygen atoms in total. The number of rotatable bonds is 2. The van der Waals surface area contributed by atoms with Crippen molar-refractivity contribution >= 4 is 43.2 Å². The van der Waals surface area contributed by atoms with Crippen molar-refractivity contribution in [1.29, 1.82) is 0 Å². The molecule has 148 valence electrons. The van der Waals surface area contributed by atoms with Gasteiger partial charge in [-0.15, -0.1) is 0 Å². The van der Waals surface area contributed by atoms with Crippen molar-refractivity contribution in [2.24, 2.45) is 0 Å². The maximum atomic E-state index is 12.8. The van der Waals surface area contributed by atoms with Gasteiger partial charge in [-0.05, 0) is 12.1 Å². The lowest BCUT2D eigenvalue weighted by atomic mass is 9.81. The molecule has 3 rings (SSSR count). The molecule has 0 aromatic heterocycles. The monoisotopic (exact) mass is 430 g/mol. The highest BCUT2D eigenvalue weighted by molar-refractivity contribution is 7.89. The van der Waals surface area contributed by atoms with Crippen LogP contribution in [0.3, 0.4) is 0 Å². The third-order valence-electron chi connectivity index (χ3n) is 4.06. The number of anilines is 2. The minimum atomic E-state index is -5.55. The summed E-state index contributed by atoms with van der Waals surface area (Å²) in [6.45, 7) is 0. The van der Waals surface area contributed by atoms with E-state index in [0.717, 1.165) is 12.1 Å². The van der Waals surface area contributed by atoms with Gasteiger partial charge in [0.2, 0.25) is 11.6 Å². The molecule has 0 radical (unpaired) electrons. The molecule has 8 N–H and O–H groups in total. The molecule has 28 heavy (non-hydrogen) atoms. The number of hydrogen-bond acceptors (Lipinski definition) is 10. The average Bonchev–Trinajstić information content (AvgIpc) is 2.53. The van der Waals surface area contributed by atoms with E-state index in [-0.39, 0.29) is 5.69 Å². The van der Waals surface area contributed by atoms with Crippen LogP contribution in [0.15, 0.2) is 21.9 Å². The van der Waals surface area contributed by atoms with E-state index in [2.05, 4.69) is 0 Å². The summed E-state index contributed by atoms with van der Waals surface area (Å²) in [5.41, 5.74) is 6.32. The number of ketones is 2. The Kier molecular flexibility index (Phi) is 3.95. The lowest BCUT2D eigenvalue weighted by Crippen LogP contribution is -2.26. The molecule has 2 aromatic carbocycles. The topological polar surface area (TPSA) is 235 Å². The van der Waals surface area contributed by atoms with Gasteiger partial charge in [0, 0.05) is 5.69 Å². The maximum Gasteiger partial charge on any atom is 0.299 e. The van der Waals surface area contributed by atoms with E-state index >= 15 is 0 Å². The molecule has 0 fully saturated rings. The normalized spacial score (nSPS) is 13.9. The number of hydrogen-bond donors (Lipinski definition) is 6. The number of phenolic OH excluding ortho intramolecular Hbond substituents is 2. The number of carbonyl (C=O) groups is 2. The molecule has 0 saturated carbocycles. The molecule has 1 aliphatic rings. The summed E-state index contributed by atoms with van der Waals surface area (Å²) >= 11 is 0. The molecule has 14 heteroatoms. The van der Waals surface area contributed by atoms with E-state index in [1.807, 2.05) is 0 Å². The Morgan fingerprint density at radius 2 is 1.21 bits per heavy atom. The lowest BCUT2D eigenvalue weighted by molar-refractivity contribution is 0.0974. The van der Waals surface area contributed by atoms with Gasteiger partial charge < -0.3 is 21.7 Å². The van der Waals surface area contributed by atoms with E-state index in [0.29, 0.717) is 0 Å². The summed E-state index contributed by atoms with van der Waals surface area (Å²) in [6.07, 6.45) is 0. The summed E-state index contributed by atoms with van der Waals surface area (Å²) in [6, 6.07) is 2.03. The first-order valence-corrected chi connectivity index (χ1v) is 9.91. The summed E-state index contributed by atoms with van der Waals surface area (Å²) in [5.74, 6) is -4.90. The number of carbonyl (C=O) groups excluding carboxylic acids is 2. The first-order chi connectivity index (χ1) is 12.7. The molecule has 0 heterocycles. The van der Waals surface area contributed by atoms with Crippen LogP contribution in [0.5, 0.6) is 11.5 Å². The van der Waals surface area contributed by atoms with Gasteiger partial charge in [0.15, 0.2) is 4.90 Å². The zero-order valence-corrected chi connectivity index (χ0v) is 15.0. The molecule has 0 unspecified atom stereocenters. The maximum absolute atomic E-state index is 12.8. The summed E-state index contributed by atoms with van der Waals surface area (Å²) in [5, 5.41) is 20.2. The standard InChI is InChI=1S/C14H10N2O10S2/c15-3-1-2-4(17)6-5(3)10(18)8-7(11(6)19)9(16)13(27(21,22)23)14(12(8)20)28(24,25)26/h1-2,17,20H,15-16H2,(H,21,22,23)(H,24,25,26). The lowest BCUT2D eigenvalue weighted by Gasteiger charge is -2.24. The van der Waals surface area contributed by atoms with Crippen LogP contribution in [0.1, 0.15) is 31.8 Å². The van der Waals surface area contributed by atoms with E-state index in [9.17, 15) is 45.7 Å². The van der Waals surface area contributed by atoms with Crippen molar-refractivity contribution in [3.8, 4) is 11.5 Å². The largest absolute Gasteiger partial charge is 0.507 e. The number of aromatic hydroxyl groups is 2. The minimum absolute atomic E-state index is 0.318. The first kappa shape index (κ1) is 19.6. The quantitative estimate of drug-likeness (QED) is 0.172. The van der Waals surface area contributed by atoms with Gasteiger partial charge in [0.1, 0.15) is 16.4 Å². The minimum Gasteiger partial charge on any atom is -0.507 e. The Labute approximate surface area is 156 Å². The van der Waals surface area contributed by atoms with Gasteiger partial charge in [-0.1, -0.05) is 0 Å². The van der Waals surface area contributed by atoms with E-state index in [4.69, 9.17) is 11.5 Å². The molecule has 0 bridgehead atoms. The van der Waals surface area contributed by atoms with E-state index < -0.39 is 81.0 Å². The molecule has 2 aromatic rings. The van der Waals surface area contributed by atoms with Gasteiger partial charge in [-0.25, -0.2) is 0 Å². The van der Waals surface area contributed by atoms with Crippen LogP contribution in [0.25, 0.3) is 0 Å². The second-order valence-corrected chi connectivity index (χ2v) is 8.42. The van der Waals surface area contributed by atoms with Crippen molar-refractivity contribution in [2.75, 3.05) is 11.5 Å². The number of nitrogens with two attached hydrogens (primary N) is 2. The molecule has 0 aliphatic heterocycles. The Morgan fingerprint density at radius 3 is 1.71 bits per heavy atom. The highest BCUT2D eigenvalue weighted by atomic mass is 32.2. The third kappa shape index (κ3) is 2.50. The van der Waals surface area contributed by atoms with Crippen LogP contribution in [0.4, 0.5) is 11.4 Å². The number of phenols is 2. The SMILES string of the molecule is Nc1ccc(O)c2c1C(=O)c1c(O)c(S(=O)(=O)O)c(S(=O)(=O)O)c(N)c1C2=O. The Bertz CT molecular complexity index is 1220. The Hall–Kier alpha value is -3.20. The Balaban J connectivity index is 2.64. The number of nitrogen functional groups attached to an aromatic ring is 2. The van der Waals surface area contributed by atoms with Crippen LogP contribution in [-0.2, 0) is 20.2 Å². The van der Waals surface area contributed by atoms with Gasteiger partial charge >= 0.3 is 0 Å². The zero-order chi connectivity index (χ0) is 21.3. The van der Waals surface area contributed by atoms with Crippen LogP contribution >= 0.6 is 0 Å². The van der Waals surface area contributed by atoms with Gasteiger partial charge in [0.25, 0.3) is 20.2 Å². The zero-order valence-electron chi connectivity index (χ0n) is 13.4. The van der Waals surface area contributed by atoms with Gasteiger partial charge in [-0.3, -0.25) is 18.7 Å². The molecular weight excluding hydrogens is 420 g/mol. The molecule has 0 atom stereocenters. The highest BCUT2D eigenvalue weighted by Gasteiger charge is 2.43. The molecule has 0 saturated heterocycles. The smallest absolute Gasteiger partial charge is 0.299 e. The fourth-order valence-electron chi connectivity index (χ4n) is 2.99. The van der Waals surface area contributed by atoms with Crippen molar-refractivity contribution < 1.29 is 45.7 Å². The number of benzene rings is 2.